The summed E-state index contributed by atoms with van der Waals surface area (Å²) in [7, 11) is -1.41. The molecule has 0 spiro atoms. The summed E-state index contributed by atoms with van der Waals surface area (Å²) in [4.78, 5) is 28.2. The zero-order valence-electron chi connectivity index (χ0n) is 12.4. The molecule has 0 bridgehead atoms. The van der Waals surface area contributed by atoms with Crippen LogP contribution in [0.25, 0.3) is 0 Å². The summed E-state index contributed by atoms with van der Waals surface area (Å²) in [5.41, 5.74) is -1.44. The molecule has 8 nitrogen and oxygen atoms in total. The number of hydrogen-bond donors (Lipinski definition) is 1. The number of hydrogen-bond acceptors (Lipinski definition) is 6. The quantitative estimate of drug-likeness (QED) is 0.794. The molecule has 2 heterocycles. The molecule has 0 atom stereocenters. The molecule has 0 unspecified atom stereocenters. The Labute approximate surface area is 131 Å². The minimum Gasteiger partial charge on any atom is -0.302 e. The zero-order valence-corrected chi connectivity index (χ0v) is 14.0. The first kappa shape index (κ1) is 16.6. The molecule has 0 aliphatic rings. The van der Waals surface area contributed by atoms with Crippen molar-refractivity contribution in [2.45, 2.75) is 24.8 Å². The predicted molar refractivity (Wildman–Crippen MR) is 82.4 cm³/mol. The number of thiazole rings is 1. The van der Waals surface area contributed by atoms with Crippen LogP contribution in [0, 0.1) is 0 Å². The van der Waals surface area contributed by atoms with E-state index in [-0.39, 0.29) is 6.54 Å². The highest BCUT2D eigenvalue weighted by Crippen LogP contribution is 2.13. The molecule has 2 aromatic heterocycles. The molecule has 0 fully saturated rings. The molecule has 0 aliphatic heterocycles. The number of rotatable bonds is 5. The van der Waals surface area contributed by atoms with Gasteiger partial charge in [-0.05, 0) is 6.42 Å². The van der Waals surface area contributed by atoms with Gasteiger partial charge in [0.05, 0.1) is 6.54 Å². The summed E-state index contributed by atoms with van der Waals surface area (Å²) in [5.74, 6) is 0. The van der Waals surface area contributed by atoms with Crippen molar-refractivity contribution in [3.8, 4) is 0 Å². The first-order chi connectivity index (χ1) is 10.3. The van der Waals surface area contributed by atoms with Crippen LogP contribution in [0.4, 0.5) is 0 Å². The summed E-state index contributed by atoms with van der Waals surface area (Å²) in [6, 6.07) is 0. The lowest BCUT2D eigenvalue weighted by molar-refractivity contribution is 0.570. The second-order valence-corrected chi connectivity index (χ2v) is 7.58. The first-order valence-corrected chi connectivity index (χ1v) is 8.76. The lowest BCUT2D eigenvalue weighted by atomic mass is 10.4. The normalized spacial score (nSPS) is 11.8. The molecular formula is C12H16N4O4S2. The van der Waals surface area contributed by atoms with E-state index in [1.165, 1.54) is 25.4 Å². The van der Waals surface area contributed by atoms with Crippen molar-refractivity contribution < 1.29 is 8.42 Å². The molecule has 0 radical (unpaired) electrons. The van der Waals surface area contributed by atoms with Crippen LogP contribution in [-0.4, -0.2) is 22.5 Å². The van der Waals surface area contributed by atoms with Crippen LogP contribution in [0.2, 0.25) is 0 Å². The number of nitrogens with zero attached hydrogens (tertiary/aromatic N) is 3. The van der Waals surface area contributed by atoms with Crippen molar-refractivity contribution in [1.82, 2.24) is 18.8 Å². The molecule has 0 saturated carbocycles. The molecule has 0 amide bonds. The SMILES string of the molecule is CCc1cnc(CNS(=O)(=O)c2cn(C)c(=O)n(C)c2=O)s1. The van der Waals surface area contributed by atoms with Crippen molar-refractivity contribution in [3.63, 3.8) is 0 Å². The van der Waals surface area contributed by atoms with Crippen LogP contribution in [0.1, 0.15) is 16.8 Å². The van der Waals surface area contributed by atoms with E-state index >= 15 is 0 Å². The van der Waals surface area contributed by atoms with Crippen molar-refractivity contribution in [2.24, 2.45) is 14.1 Å². The van der Waals surface area contributed by atoms with Crippen molar-refractivity contribution in [3.05, 3.63) is 43.1 Å². The number of aromatic nitrogens is 3. The van der Waals surface area contributed by atoms with E-state index in [1.54, 1.807) is 6.20 Å². The van der Waals surface area contributed by atoms with E-state index in [1.807, 2.05) is 6.92 Å². The predicted octanol–water partition coefficient (Wildman–Crippen LogP) is -0.419. The van der Waals surface area contributed by atoms with Crippen LogP contribution >= 0.6 is 11.3 Å². The van der Waals surface area contributed by atoms with E-state index in [0.717, 1.165) is 26.6 Å². The monoisotopic (exact) mass is 344 g/mol. The molecule has 120 valence electrons. The van der Waals surface area contributed by atoms with Gasteiger partial charge in [0, 0.05) is 31.4 Å². The average molecular weight is 344 g/mol. The van der Waals surface area contributed by atoms with Gasteiger partial charge in [0.25, 0.3) is 5.56 Å². The van der Waals surface area contributed by atoms with Crippen molar-refractivity contribution in [1.29, 1.82) is 0 Å². The largest absolute Gasteiger partial charge is 0.330 e. The van der Waals surface area contributed by atoms with Gasteiger partial charge in [0.1, 0.15) is 5.01 Å². The molecule has 0 aliphatic carbocycles. The number of aryl methyl sites for hydroxylation is 2. The van der Waals surface area contributed by atoms with E-state index in [4.69, 9.17) is 0 Å². The summed E-state index contributed by atoms with van der Waals surface area (Å²) >= 11 is 1.41. The van der Waals surface area contributed by atoms with Crippen molar-refractivity contribution in [2.75, 3.05) is 0 Å². The highest BCUT2D eigenvalue weighted by atomic mass is 32.2. The van der Waals surface area contributed by atoms with Crippen LogP contribution in [-0.2, 0) is 37.1 Å². The highest BCUT2D eigenvalue weighted by molar-refractivity contribution is 7.89. The molecular weight excluding hydrogens is 328 g/mol. The van der Waals surface area contributed by atoms with Gasteiger partial charge in [0.15, 0.2) is 4.90 Å². The topological polar surface area (TPSA) is 103 Å². The molecule has 2 rings (SSSR count). The molecule has 0 saturated heterocycles. The lowest BCUT2D eigenvalue weighted by Gasteiger charge is -2.08. The summed E-state index contributed by atoms with van der Waals surface area (Å²) in [6.07, 6.45) is 3.54. The standard InChI is InChI=1S/C12H16N4O4S2/c1-4-8-5-13-10(21-8)6-14-22(19,20)9-7-15(2)12(18)16(3)11(9)17/h5,7,14H,4,6H2,1-3H3. The summed E-state index contributed by atoms with van der Waals surface area (Å²) in [6.45, 7) is 1.98. The Balaban J connectivity index is 2.31. The summed E-state index contributed by atoms with van der Waals surface area (Å²) in [5, 5.41) is 0.613. The van der Waals surface area contributed by atoms with Gasteiger partial charge in [-0.2, -0.15) is 0 Å². The fourth-order valence-electron chi connectivity index (χ4n) is 1.79. The average Bonchev–Trinajstić information content (AvgIpc) is 2.95. The van der Waals surface area contributed by atoms with E-state index < -0.39 is 26.2 Å². The third-order valence-electron chi connectivity index (χ3n) is 3.07. The fraction of sp³-hybridized carbons (Fsp3) is 0.417. The maximum absolute atomic E-state index is 12.3. The maximum atomic E-state index is 12.3. The first-order valence-electron chi connectivity index (χ1n) is 6.46. The van der Waals surface area contributed by atoms with Gasteiger partial charge >= 0.3 is 5.69 Å². The third-order valence-corrected chi connectivity index (χ3v) is 5.59. The Morgan fingerprint density at radius 3 is 2.59 bits per heavy atom. The van der Waals surface area contributed by atoms with Gasteiger partial charge < -0.3 is 4.57 Å². The second kappa shape index (κ2) is 6.15. The van der Waals surface area contributed by atoms with Gasteiger partial charge in [-0.15, -0.1) is 11.3 Å². The maximum Gasteiger partial charge on any atom is 0.330 e. The van der Waals surface area contributed by atoms with Crippen LogP contribution in [0.5, 0.6) is 0 Å². The lowest BCUT2D eigenvalue weighted by Crippen LogP contribution is -2.41. The van der Waals surface area contributed by atoms with Gasteiger partial charge in [-0.1, -0.05) is 6.92 Å². The Kier molecular flexibility index (Phi) is 4.63. The Hall–Kier alpha value is -1.78. The van der Waals surface area contributed by atoms with Crippen LogP contribution < -0.4 is 16.0 Å². The van der Waals surface area contributed by atoms with Gasteiger partial charge in [-0.3, -0.25) is 9.36 Å². The molecule has 10 heteroatoms. The number of sulfonamides is 1. The third kappa shape index (κ3) is 3.18. The van der Waals surface area contributed by atoms with Gasteiger partial charge in [0.2, 0.25) is 10.0 Å². The van der Waals surface area contributed by atoms with Crippen LogP contribution in [0.3, 0.4) is 0 Å². The molecule has 2 aromatic rings. The smallest absolute Gasteiger partial charge is 0.302 e. The Bertz CT molecular complexity index is 908. The molecule has 0 aromatic carbocycles. The number of nitrogens with one attached hydrogen (secondary N) is 1. The second-order valence-electron chi connectivity index (χ2n) is 4.65. The fourth-order valence-corrected chi connectivity index (χ4v) is 3.83. The van der Waals surface area contributed by atoms with E-state index in [0.29, 0.717) is 5.01 Å². The van der Waals surface area contributed by atoms with Crippen molar-refractivity contribution >= 4 is 21.4 Å². The minimum absolute atomic E-state index is 0.000997. The minimum atomic E-state index is -4.02. The Morgan fingerprint density at radius 1 is 1.32 bits per heavy atom. The van der Waals surface area contributed by atoms with E-state index in [2.05, 4.69) is 9.71 Å². The van der Waals surface area contributed by atoms with Crippen LogP contribution in [0.15, 0.2) is 26.9 Å². The highest BCUT2D eigenvalue weighted by Gasteiger charge is 2.21. The van der Waals surface area contributed by atoms with E-state index in [9.17, 15) is 18.0 Å². The molecule has 22 heavy (non-hydrogen) atoms. The Morgan fingerprint density at radius 2 is 2.00 bits per heavy atom. The zero-order chi connectivity index (χ0) is 16.5. The molecule has 1 N–H and O–H groups in total. The van der Waals surface area contributed by atoms with Gasteiger partial charge in [-0.25, -0.2) is 22.9 Å². The summed E-state index contributed by atoms with van der Waals surface area (Å²) < 4.78 is 28.7.